The van der Waals surface area contributed by atoms with Crippen molar-refractivity contribution in [3.63, 3.8) is 0 Å². The number of pyridine rings is 1. The van der Waals surface area contributed by atoms with Crippen LogP contribution >= 0.6 is 0 Å². The second kappa shape index (κ2) is 7.73. The minimum atomic E-state index is -0.931. The first-order chi connectivity index (χ1) is 12.5. The number of imide groups is 1. The Labute approximate surface area is 149 Å². The van der Waals surface area contributed by atoms with Gasteiger partial charge in [0.25, 0.3) is 5.91 Å². The summed E-state index contributed by atoms with van der Waals surface area (Å²) in [4.78, 5) is 41.5. The second-order valence-electron chi connectivity index (χ2n) is 5.86. The molecule has 2 aromatic rings. The summed E-state index contributed by atoms with van der Waals surface area (Å²) in [5, 5.41) is 5.15. The van der Waals surface area contributed by atoms with Gasteiger partial charge in [0.2, 0.25) is 5.91 Å². The average molecular weight is 356 g/mol. The summed E-state index contributed by atoms with van der Waals surface area (Å²) in [5.74, 6) is -1.32. The molecule has 0 radical (unpaired) electrons. The molecule has 0 aliphatic carbocycles. The van der Waals surface area contributed by atoms with Crippen LogP contribution < -0.4 is 10.6 Å². The van der Waals surface area contributed by atoms with Crippen molar-refractivity contribution in [3.8, 4) is 0 Å². The summed E-state index contributed by atoms with van der Waals surface area (Å²) >= 11 is 0. The Bertz CT molecular complexity index is 828. The average Bonchev–Trinajstić information content (AvgIpc) is 2.88. The lowest BCUT2D eigenvalue weighted by atomic mass is 10.1. The zero-order valence-electron chi connectivity index (χ0n) is 13.8. The molecular formula is C18H17FN4O3. The Morgan fingerprint density at radius 3 is 2.81 bits per heavy atom. The van der Waals surface area contributed by atoms with E-state index < -0.39 is 23.8 Å². The van der Waals surface area contributed by atoms with E-state index in [-0.39, 0.29) is 25.4 Å². The highest BCUT2D eigenvalue weighted by Gasteiger charge is 2.38. The normalized spacial score (nSPS) is 16.5. The Balaban J connectivity index is 1.55. The number of carbonyl (C=O) groups excluding carboxylic acids is 3. The molecule has 0 saturated carbocycles. The molecule has 8 heteroatoms. The van der Waals surface area contributed by atoms with Gasteiger partial charge >= 0.3 is 6.03 Å². The van der Waals surface area contributed by atoms with Gasteiger partial charge in [0.1, 0.15) is 11.9 Å². The third kappa shape index (κ3) is 4.21. The number of halogens is 1. The molecule has 134 valence electrons. The fourth-order valence-corrected chi connectivity index (χ4v) is 2.63. The molecule has 1 atom stereocenters. The summed E-state index contributed by atoms with van der Waals surface area (Å²) < 4.78 is 13.2. The minimum Gasteiger partial charge on any atom is -0.350 e. The summed E-state index contributed by atoms with van der Waals surface area (Å²) in [5.41, 5.74) is 1.18. The summed E-state index contributed by atoms with van der Waals surface area (Å²) in [6.07, 6.45) is 1.45. The molecule has 0 spiro atoms. The monoisotopic (exact) mass is 356 g/mol. The zero-order chi connectivity index (χ0) is 18.5. The van der Waals surface area contributed by atoms with Gasteiger partial charge in [-0.05, 0) is 29.8 Å². The number of hydrogen-bond donors (Lipinski definition) is 2. The number of rotatable bonds is 6. The molecule has 1 fully saturated rings. The molecule has 1 aliphatic heterocycles. The summed E-state index contributed by atoms with van der Waals surface area (Å²) in [7, 11) is 0. The molecule has 0 bridgehead atoms. The van der Waals surface area contributed by atoms with E-state index in [2.05, 4.69) is 15.6 Å². The highest BCUT2D eigenvalue weighted by molar-refractivity contribution is 6.05. The van der Waals surface area contributed by atoms with E-state index in [4.69, 9.17) is 0 Å². The number of hydrogen-bond acceptors (Lipinski definition) is 4. The van der Waals surface area contributed by atoms with Gasteiger partial charge < -0.3 is 10.6 Å². The summed E-state index contributed by atoms with van der Waals surface area (Å²) in [6.45, 7) is 0.190. The van der Waals surface area contributed by atoms with Crippen LogP contribution in [0.1, 0.15) is 17.7 Å². The smallest absolute Gasteiger partial charge is 0.325 e. The SMILES string of the molecule is O=C(C[C@H]1NC(=O)N(Cc2cccc(F)c2)C1=O)NCc1ccccn1. The molecule has 26 heavy (non-hydrogen) atoms. The lowest BCUT2D eigenvalue weighted by molar-refractivity contribution is -0.131. The van der Waals surface area contributed by atoms with Crippen LogP contribution in [0.3, 0.4) is 0 Å². The van der Waals surface area contributed by atoms with E-state index in [0.717, 1.165) is 4.90 Å². The molecule has 7 nitrogen and oxygen atoms in total. The quantitative estimate of drug-likeness (QED) is 0.765. The Kier molecular flexibility index (Phi) is 5.21. The number of amides is 4. The molecule has 4 amide bonds. The standard InChI is InChI=1S/C18H17FN4O3/c19-13-5-3-4-12(8-13)11-23-17(25)15(22-18(23)26)9-16(24)21-10-14-6-1-2-7-20-14/h1-8,15H,9-11H2,(H,21,24)(H,22,26)/t15-/m1/s1. The van der Waals surface area contributed by atoms with Crippen molar-refractivity contribution in [2.75, 3.05) is 0 Å². The van der Waals surface area contributed by atoms with Crippen molar-refractivity contribution in [1.29, 1.82) is 0 Å². The molecule has 1 saturated heterocycles. The maximum absolute atomic E-state index is 13.2. The molecule has 1 aromatic carbocycles. The molecule has 1 aliphatic rings. The van der Waals surface area contributed by atoms with Crippen LogP contribution in [0, 0.1) is 5.82 Å². The van der Waals surface area contributed by atoms with Crippen molar-refractivity contribution >= 4 is 17.8 Å². The number of carbonyl (C=O) groups is 3. The minimum absolute atomic E-state index is 0.0471. The van der Waals surface area contributed by atoms with Crippen molar-refractivity contribution in [1.82, 2.24) is 20.5 Å². The number of urea groups is 1. The first kappa shape index (κ1) is 17.5. The van der Waals surface area contributed by atoms with Crippen LogP contribution in [0.4, 0.5) is 9.18 Å². The van der Waals surface area contributed by atoms with Gasteiger partial charge in [-0.1, -0.05) is 18.2 Å². The van der Waals surface area contributed by atoms with E-state index in [1.165, 1.54) is 18.2 Å². The molecular weight excluding hydrogens is 339 g/mol. The zero-order valence-corrected chi connectivity index (χ0v) is 13.8. The number of nitrogens with one attached hydrogen (secondary N) is 2. The van der Waals surface area contributed by atoms with Crippen LogP contribution in [-0.4, -0.2) is 33.8 Å². The van der Waals surface area contributed by atoms with Crippen LogP contribution in [0.15, 0.2) is 48.7 Å². The molecule has 1 aromatic heterocycles. The van der Waals surface area contributed by atoms with Crippen molar-refractivity contribution in [2.24, 2.45) is 0 Å². The van der Waals surface area contributed by atoms with E-state index in [1.54, 1.807) is 30.5 Å². The predicted molar refractivity (Wildman–Crippen MR) is 90.0 cm³/mol. The van der Waals surface area contributed by atoms with Crippen molar-refractivity contribution in [3.05, 3.63) is 65.7 Å². The topological polar surface area (TPSA) is 91.4 Å². The van der Waals surface area contributed by atoms with Gasteiger partial charge in [0.05, 0.1) is 25.2 Å². The van der Waals surface area contributed by atoms with Crippen LogP contribution in [0.5, 0.6) is 0 Å². The van der Waals surface area contributed by atoms with Crippen molar-refractivity contribution < 1.29 is 18.8 Å². The fraction of sp³-hybridized carbons (Fsp3) is 0.222. The van der Waals surface area contributed by atoms with Gasteiger partial charge in [-0.2, -0.15) is 0 Å². The maximum Gasteiger partial charge on any atom is 0.325 e. The third-order valence-corrected chi connectivity index (χ3v) is 3.92. The first-order valence-corrected chi connectivity index (χ1v) is 8.06. The highest BCUT2D eigenvalue weighted by atomic mass is 19.1. The fourth-order valence-electron chi connectivity index (χ4n) is 2.63. The van der Waals surface area contributed by atoms with E-state index in [1.807, 2.05) is 0 Å². The van der Waals surface area contributed by atoms with Crippen molar-refractivity contribution in [2.45, 2.75) is 25.6 Å². The molecule has 2 heterocycles. The lowest BCUT2D eigenvalue weighted by Crippen LogP contribution is -2.36. The number of benzene rings is 1. The Morgan fingerprint density at radius 2 is 2.08 bits per heavy atom. The first-order valence-electron chi connectivity index (χ1n) is 8.06. The lowest BCUT2D eigenvalue weighted by Gasteiger charge is -2.13. The van der Waals surface area contributed by atoms with Crippen LogP contribution in [0.25, 0.3) is 0 Å². The molecule has 3 rings (SSSR count). The van der Waals surface area contributed by atoms with Gasteiger partial charge in [0, 0.05) is 6.20 Å². The van der Waals surface area contributed by atoms with E-state index in [0.29, 0.717) is 11.3 Å². The summed E-state index contributed by atoms with van der Waals surface area (Å²) in [6, 6.07) is 9.48. The van der Waals surface area contributed by atoms with E-state index >= 15 is 0 Å². The third-order valence-electron chi connectivity index (χ3n) is 3.92. The van der Waals surface area contributed by atoms with Crippen LogP contribution in [0.2, 0.25) is 0 Å². The predicted octanol–water partition coefficient (Wildman–Crippen LogP) is 1.35. The molecule has 0 unspecified atom stereocenters. The van der Waals surface area contributed by atoms with Gasteiger partial charge in [-0.25, -0.2) is 9.18 Å². The number of nitrogens with zero attached hydrogens (tertiary/aromatic N) is 2. The number of aromatic nitrogens is 1. The van der Waals surface area contributed by atoms with Crippen LogP contribution in [-0.2, 0) is 22.7 Å². The van der Waals surface area contributed by atoms with Gasteiger partial charge in [-0.3, -0.25) is 19.5 Å². The Hall–Kier alpha value is -3.29. The van der Waals surface area contributed by atoms with Gasteiger partial charge in [-0.15, -0.1) is 0 Å². The van der Waals surface area contributed by atoms with Gasteiger partial charge in [0.15, 0.2) is 0 Å². The highest BCUT2D eigenvalue weighted by Crippen LogP contribution is 2.15. The molecule has 2 N–H and O–H groups in total. The maximum atomic E-state index is 13.2. The Morgan fingerprint density at radius 1 is 1.23 bits per heavy atom. The largest absolute Gasteiger partial charge is 0.350 e. The van der Waals surface area contributed by atoms with E-state index in [9.17, 15) is 18.8 Å². The second-order valence-corrected chi connectivity index (χ2v) is 5.86.